The molecular formula is C11H21N3O3. The molecule has 0 radical (unpaired) electrons. The van der Waals surface area contributed by atoms with Crippen LogP contribution in [0.25, 0.3) is 0 Å². The van der Waals surface area contributed by atoms with Crippen molar-refractivity contribution in [3.8, 4) is 0 Å². The average Bonchev–Trinajstić information content (AvgIpc) is 2.75. The molecule has 3 N–H and O–H groups in total. The van der Waals surface area contributed by atoms with Gasteiger partial charge in [-0.1, -0.05) is 5.16 Å². The maximum Gasteiger partial charge on any atom is 0.254 e. The second-order valence-electron chi connectivity index (χ2n) is 4.74. The number of carbonyl (C=O) groups excluding carboxylic acids is 1. The number of amides is 1. The third kappa shape index (κ3) is 3.09. The van der Waals surface area contributed by atoms with E-state index in [1.54, 1.807) is 11.9 Å². The Morgan fingerprint density at radius 1 is 1.71 bits per heavy atom. The van der Waals surface area contributed by atoms with Crippen molar-refractivity contribution in [3.05, 3.63) is 0 Å². The number of likely N-dealkylation sites (N-methyl/N-ethyl adjacent to an activating group) is 1. The van der Waals surface area contributed by atoms with Crippen molar-refractivity contribution >= 4 is 11.7 Å². The second kappa shape index (κ2) is 5.35. The Bertz CT molecular complexity index is 311. The maximum absolute atomic E-state index is 12.2. The van der Waals surface area contributed by atoms with Crippen molar-refractivity contribution in [1.82, 2.24) is 4.90 Å². The average molecular weight is 243 g/mol. The molecule has 2 unspecified atom stereocenters. The molecule has 0 spiro atoms. The van der Waals surface area contributed by atoms with Gasteiger partial charge in [-0.05, 0) is 26.7 Å². The number of hydrogen-bond acceptors (Lipinski definition) is 4. The van der Waals surface area contributed by atoms with E-state index < -0.39 is 5.60 Å². The topological polar surface area (TPSA) is 88.2 Å². The summed E-state index contributed by atoms with van der Waals surface area (Å²) in [5.74, 6) is 0.0721. The van der Waals surface area contributed by atoms with Gasteiger partial charge in [0.2, 0.25) is 0 Å². The first-order valence-corrected chi connectivity index (χ1v) is 5.78. The number of nitrogens with two attached hydrogens (primary N) is 1. The molecule has 1 amide bonds. The van der Waals surface area contributed by atoms with E-state index in [9.17, 15) is 4.79 Å². The zero-order valence-electron chi connectivity index (χ0n) is 10.6. The molecule has 1 aliphatic rings. The summed E-state index contributed by atoms with van der Waals surface area (Å²) in [6.07, 6.45) is 1.99. The van der Waals surface area contributed by atoms with Gasteiger partial charge in [0.15, 0.2) is 0 Å². The largest absolute Gasteiger partial charge is 0.409 e. The SMILES string of the molecule is CC(CC(N)=NO)N(C)C(=O)C1(C)CCCO1. The Morgan fingerprint density at radius 3 is 2.82 bits per heavy atom. The Balaban J connectivity index is 2.62. The number of ether oxygens (including phenoxy) is 1. The van der Waals surface area contributed by atoms with Gasteiger partial charge in [0.05, 0.1) is 0 Å². The molecule has 0 aliphatic carbocycles. The van der Waals surface area contributed by atoms with Crippen LogP contribution in [-0.2, 0) is 9.53 Å². The van der Waals surface area contributed by atoms with Crippen LogP contribution in [0, 0.1) is 0 Å². The summed E-state index contributed by atoms with van der Waals surface area (Å²) in [6.45, 7) is 4.30. The van der Waals surface area contributed by atoms with Crippen LogP contribution < -0.4 is 5.73 Å². The molecule has 2 atom stereocenters. The molecule has 1 aliphatic heterocycles. The van der Waals surface area contributed by atoms with Crippen molar-refractivity contribution in [3.63, 3.8) is 0 Å². The Morgan fingerprint density at radius 2 is 2.35 bits per heavy atom. The standard InChI is InChI=1S/C11H21N3O3/c1-8(7-9(12)13-16)14(3)10(15)11(2)5-4-6-17-11/h8,16H,4-7H2,1-3H3,(H2,12,13). The van der Waals surface area contributed by atoms with Crippen LogP contribution in [0.4, 0.5) is 0 Å². The number of oxime groups is 1. The fraction of sp³-hybridized carbons (Fsp3) is 0.818. The number of nitrogens with zero attached hydrogens (tertiary/aromatic N) is 2. The molecule has 0 aromatic rings. The first-order chi connectivity index (χ1) is 7.90. The normalized spacial score (nSPS) is 26.9. The molecule has 1 rings (SSSR count). The van der Waals surface area contributed by atoms with Gasteiger partial charge in [0, 0.05) is 26.1 Å². The molecule has 17 heavy (non-hydrogen) atoms. The van der Waals surface area contributed by atoms with Crippen LogP contribution in [-0.4, -0.2) is 47.1 Å². The summed E-state index contributed by atoms with van der Waals surface area (Å²) >= 11 is 0. The molecule has 1 fully saturated rings. The molecule has 0 saturated carbocycles. The lowest BCUT2D eigenvalue weighted by Crippen LogP contribution is -2.49. The molecule has 6 nitrogen and oxygen atoms in total. The minimum atomic E-state index is -0.714. The van der Waals surface area contributed by atoms with E-state index >= 15 is 0 Å². The number of amidine groups is 1. The minimum Gasteiger partial charge on any atom is -0.409 e. The van der Waals surface area contributed by atoms with Crippen LogP contribution in [0.2, 0.25) is 0 Å². The summed E-state index contributed by atoms with van der Waals surface area (Å²) in [5.41, 5.74) is 4.71. The minimum absolute atomic E-state index is 0.0479. The Labute approximate surface area is 101 Å². The third-order valence-electron chi connectivity index (χ3n) is 3.29. The highest BCUT2D eigenvalue weighted by Crippen LogP contribution is 2.27. The molecule has 0 bridgehead atoms. The zero-order valence-corrected chi connectivity index (χ0v) is 10.6. The van der Waals surface area contributed by atoms with Gasteiger partial charge in [-0.15, -0.1) is 0 Å². The number of hydrogen-bond donors (Lipinski definition) is 2. The van der Waals surface area contributed by atoms with Crippen molar-refractivity contribution < 1.29 is 14.7 Å². The van der Waals surface area contributed by atoms with Crippen molar-refractivity contribution in [2.24, 2.45) is 10.9 Å². The molecule has 1 heterocycles. The summed E-state index contributed by atoms with van der Waals surface area (Å²) in [6, 6.07) is -0.126. The summed E-state index contributed by atoms with van der Waals surface area (Å²) in [4.78, 5) is 13.8. The smallest absolute Gasteiger partial charge is 0.254 e. The summed E-state index contributed by atoms with van der Waals surface area (Å²) in [7, 11) is 1.71. The van der Waals surface area contributed by atoms with Crippen LogP contribution in [0.1, 0.15) is 33.1 Å². The van der Waals surface area contributed by atoms with Crippen LogP contribution >= 0.6 is 0 Å². The third-order valence-corrected chi connectivity index (χ3v) is 3.29. The van der Waals surface area contributed by atoms with E-state index in [1.807, 2.05) is 13.8 Å². The lowest BCUT2D eigenvalue weighted by Gasteiger charge is -2.32. The van der Waals surface area contributed by atoms with Crippen LogP contribution in [0.5, 0.6) is 0 Å². The molecular weight excluding hydrogens is 222 g/mol. The monoisotopic (exact) mass is 243 g/mol. The molecule has 0 aromatic heterocycles. The van der Waals surface area contributed by atoms with Crippen molar-refractivity contribution in [2.45, 2.75) is 44.8 Å². The van der Waals surface area contributed by atoms with E-state index in [0.29, 0.717) is 13.0 Å². The van der Waals surface area contributed by atoms with Gasteiger partial charge in [-0.25, -0.2) is 0 Å². The van der Waals surface area contributed by atoms with Crippen molar-refractivity contribution in [2.75, 3.05) is 13.7 Å². The lowest BCUT2D eigenvalue weighted by atomic mass is 10.00. The lowest BCUT2D eigenvalue weighted by molar-refractivity contribution is -0.151. The van der Waals surface area contributed by atoms with Gasteiger partial charge in [-0.2, -0.15) is 0 Å². The Hall–Kier alpha value is -1.30. The van der Waals surface area contributed by atoms with Gasteiger partial charge in [-0.3, -0.25) is 4.79 Å². The first kappa shape index (κ1) is 13.8. The van der Waals surface area contributed by atoms with E-state index in [2.05, 4.69) is 5.16 Å². The predicted octanol–water partition coefficient (Wildman–Crippen LogP) is 0.539. The molecule has 98 valence electrons. The maximum atomic E-state index is 12.2. The number of rotatable bonds is 4. The van der Waals surface area contributed by atoms with E-state index in [1.165, 1.54) is 0 Å². The van der Waals surface area contributed by atoms with Crippen LogP contribution in [0.3, 0.4) is 0 Å². The second-order valence-corrected chi connectivity index (χ2v) is 4.74. The molecule has 6 heteroatoms. The highest BCUT2D eigenvalue weighted by Gasteiger charge is 2.40. The molecule has 1 saturated heterocycles. The van der Waals surface area contributed by atoms with Crippen LogP contribution in [0.15, 0.2) is 5.16 Å². The van der Waals surface area contributed by atoms with Gasteiger partial charge >= 0.3 is 0 Å². The summed E-state index contributed by atoms with van der Waals surface area (Å²) in [5, 5.41) is 11.4. The first-order valence-electron chi connectivity index (χ1n) is 5.78. The highest BCUT2D eigenvalue weighted by atomic mass is 16.5. The molecule has 0 aromatic carbocycles. The van der Waals surface area contributed by atoms with E-state index in [0.717, 1.165) is 12.8 Å². The van der Waals surface area contributed by atoms with E-state index in [4.69, 9.17) is 15.7 Å². The predicted molar refractivity (Wildman–Crippen MR) is 63.8 cm³/mol. The Kier molecular flexibility index (Phi) is 4.34. The van der Waals surface area contributed by atoms with E-state index in [-0.39, 0.29) is 17.8 Å². The number of carbonyl (C=O) groups is 1. The fourth-order valence-corrected chi connectivity index (χ4v) is 2.00. The van der Waals surface area contributed by atoms with Gasteiger partial charge in [0.25, 0.3) is 5.91 Å². The van der Waals surface area contributed by atoms with Gasteiger partial charge < -0.3 is 20.6 Å². The highest BCUT2D eigenvalue weighted by molar-refractivity contribution is 5.86. The zero-order chi connectivity index (χ0) is 13.1. The summed E-state index contributed by atoms with van der Waals surface area (Å²) < 4.78 is 5.50. The quantitative estimate of drug-likeness (QED) is 0.326. The van der Waals surface area contributed by atoms with Crippen molar-refractivity contribution in [1.29, 1.82) is 0 Å². The fourth-order valence-electron chi connectivity index (χ4n) is 2.00. The van der Waals surface area contributed by atoms with Gasteiger partial charge in [0.1, 0.15) is 11.4 Å².